The molecule has 0 radical (unpaired) electrons. The van der Waals surface area contributed by atoms with Crippen molar-refractivity contribution in [3.8, 4) is 11.3 Å². The summed E-state index contributed by atoms with van der Waals surface area (Å²) in [5, 5.41) is 0.576. The second-order valence-corrected chi connectivity index (χ2v) is 9.27. The second-order valence-electron chi connectivity index (χ2n) is 6.68. The minimum absolute atomic E-state index is 0.122. The van der Waals surface area contributed by atoms with E-state index in [0.29, 0.717) is 44.5 Å². The summed E-state index contributed by atoms with van der Waals surface area (Å²) in [6.45, 7) is 2.10. The molecule has 0 N–H and O–H groups in total. The second kappa shape index (κ2) is 10.3. The molecule has 0 amide bonds. The Morgan fingerprint density at radius 2 is 1.94 bits per heavy atom. The Morgan fingerprint density at radius 1 is 1.16 bits per heavy atom. The first-order chi connectivity index (χ1) is 15.5. The molecule has 0 saturated carbocycles. The summed E-state index contributed by atoms with van der Waals surface area (Å²) in [7, 11) is 0. The molecule has 1 aliphatic heterocycles. The van der Waals surface area contributed by atoms with Gasteiger partial charge in [0.05, 0.1) is 12.2 Å². The van der Waals surface area contributed by atoms with E-state index < -0.39 is 0 Å². The highest BCUT2D eigenvalue weighted by atomic mass is 35.5. The molecule has 1 aliphatic rings. The fraction of sp³-hybridized carbons (Fsp3) is 0.125. The molecule has 0 bridgehead atoms. The molecule has 0 atom stereocenters. The Hall–Kier alpha value is -2.74. The molecular formula is C24H18ClNO4S2. The summed E-state index contributed by atoms with van der Waals surface area (Å²) < 4.78 is 11.5. The molecule has 0 saturated heterocycles. The Morgan fingerprint density at radius 3 is 2.69 bits per heavy atom. The van der Waals surface area contributed by atoms with E-state index in [0.717, 1.165) is 22.9 Å². The average Bonchev–Trinajstić information content (AvgIpc) is 3.40. The molecule has 0 unspecified atom stereocenters. The van der Waals surface area contributed by atoms with Crippen LogP contribution in [-0.2, 0) is 15.3 Å². The molecule has 2 aromatic carbocycles. The van der Waals surface area contributed by atoms with Gasteiger partial charge in [0, 0.05) is 22.4 Å². The van der Waals surface area contributed by atoms with Gasteiger partial charge in [-0.2, -0.15) is 0 Å². The van der Waals surface area contributed by atoms with Gasteiger partial charge in [0.25, 0.3) is 0 Å². The van der Waals surface area contributed by atoms with Crippen molar-refractivity contribution in [1.29, 1.82) is 0 Å². The standard InChI is InChI=1S/C24H18ClNO4S2/c1-2-29-22(27)16-9-7-15(8-10-16)21-12-11-18(30-21)13-20-23(28)32-24(26-20)31-14-17-5-3-4-6-19(17)25/h3-13H,2,14H2,1H3/b20-13-. The number of furan rings is 1. The number of aliphatic imine (C=N–C) groups is 1. The van der Waals surface area contributed by atoms with Crippen molar-refractivity contribution >= 4 is 56.7 Å². The van der Waals surface area contributed by atoms with Crippen LogP contribution in [0.15, 0.2) is 75.8 Å². The van der Waals surface area contributed by atoms with Crippen LogP contribution in [0.2, 0.25) is 5.02 Å². The number of thioether (sulfide) groups is 2. The van der Waals surface area contributed by atoms with E-state index in [2.05, 4.69) is 4.99 Å². The number of rotatable bonds is 6. The first-order valence-electron chi connectivity index (χ1n) is 9.79. The number of esters is 1. The summed E-state index contributed by atoms with van der Waals surface area (Å²) in [6, 6.07) is 18.2. The van der Waals surface area contributed by atoms with Gasteiger partial charge in [-0.3, -0.25) is 4.79 Å². The topological polar surface area (TPSA) is 68.9 Å². The van der Waals surface area contributed by atoms with Crippen LogP contribution in [0.3, 0.4) is 0 Å². The van der Waals surface area contributed by atoms with Gasteiger partial charge in [0.15, 0.2) is 0 Å². The van der Waals surface area contributed by atoms with E-state index in [9.17, 15) is 9.59 Å². The summed E-state index contributed by atoms with van der Waals surface area (Å²) in [5.41, 5.74) is 2.63. The molecule has 0 spiro atoms. The van der Waals surface area contributed by atoms with Crippen LogP contribution in [0.5, 0.6) is 0 Å². The number of carbonyl (C=O) groups excluding carboxylic acids is 2. The first kappa shape index (κ1) is 22.5. The van der Waals surface area contributed by atoms with E-state index in [-0.39, 0.29) is 11.1 Å². The lowest BCUT2D eigenvalue weighted by atomic mass is 10.1. The lowest BCUT2D eigenvalue weighted by molar-refractivity contribution is -0.107. The number of carbonyl (C=O) groups is 2. The van der Waals surface area contributed by atoms with Gasteiger partial charge in [-0.05, 0) is 54.6 Å². The molecule has 8 heteroatoms. The van der Waals surface area contributed by atoms with Gasteiger partial charge in [-0.15, -0.1) is 0 Å². The summed E-state index contributed by atoms with van der Waals surface area (Å²) in [6.07, 6.45) is 1.63. The molecule has 2 heterocycles. The third kappa shape index (κ3) is 5.35. The molecule has 3 aromatic rings. The Kier molecular flexibility index (Phi) is 7.19. The fourth-order valence-corrected chi connectivity index (χ4v) is 5.04. The monoisotopic (exact) mass is 483 g/mol. The highest BCUT2D eigenvalue weighted by Gasteiger charge is 2.23. The Bertz CT molecular complexity index is 1210. The van der Waals surface area contributed by atoms with E-state index in [1.165, 1.54) is 11.8 Å². The fourth-order valence-electron chi connectivity index (χ4n) is 2.91. The number of hydrogen-bond acceptors (Lipinski definition) is 7. The SMILES string of the molecule is CCOC(=O)c1ccc(-c2ccc(/C=C3\N=C(SCc4ccccc4Cl)SC3=O)o2)cc1. The number of halogens is 1. The zero-order valence-corrected chi connectivity index (χ0v) is 19.4. The van der Waals surface area contributed by atoms with Gasteiger partial charge in [-0.25, -0.2) is 9.79 Å². The van der Waals surface area contributed by atoms with Gasteiger partial charge in [0.2, 0.25) is 5.12 Å². The van der Waals surface area contributed by atoms with Crippen LogP contribution in [-0.4, -0.2) is 22.1 Å². The molecule has 32 heavy (non-hydrogen) atoms. The lowest BCUT2D eigenvalue weighted by Gasteiger charge is -2.02. The van der Waals surface area contributed by atoms with Crippen molar-refractivity contribution in [3.63, 3.8) is 0 Å². The predicted octanol–water partition coefficient (Wildman–Crippen LogP) is 6.68. The van der Waals surface area contributed by atoms with E-state index in [4.69, 9.17) is 20.8 Å². The molecular weight excluding hydrogens is 466 g/mol. The largest absolute Gasteiger partial charge is 0.462 e. The van der Waals surface area contributed by atoms with Crippen molar-refractivity contribution in [3.05, 3.63) is 88.3 Å². The van der Waals surface area contributed by atoms with Crippen molar-refractivity contribution in [2.75, 3.05) is 6.61 Å². The van der Waals surface area contributed by atoms with E-state index in [1.807, 2.05) is 30.3 Å². The summed E-state index contributed by atoms with van der Waals surface area (Å²) in [4.78, 5) is 28.6. The molecule has 1 aromatic heterocycles. The van der Waals surface area contributed by atoms with Gasteiger partial charge in [0.1, 0.15) is 21.6 Å². The molecule has 0 aliphatic carbocycles. The normalized spacial score (nSPS) is 14.6. The zero-order valence-electron chi connectivity index (χ0n) is 17.0. The van der Waals surface area contributed by atoms with Crippen LogP contribution < -0.4 is 0 Å². The number of ether oxygens (including phenoxy) is 1. The Balaban J connectivity index is 1.44. The molecule has 5 nitrogen and oxygen atoms in total. The Labute approximate surface area is 198 Å². The molecule has 162 valence electrons. The van der Waals surface area contributed by atoms with Crippen LogP contribution in [0.1, 0.15) is 28.6 Å². The third-order valence-electron chi connectivity index (χ3n) is 4.50. The lowest BCUT2D eigenvalue weighted by Crippen LogP contribution is -2.03. The summed E-state index contributed by atoms with van der Waals surface area (Å²) in [5.74, 6) is 1.43. The van der Waals surface area contributed by atoms with Gasteiger partial charge < -0.3 is 9.15 Å². The van der Waals surface area contributed by atoms with Crippen molar-refractivity contribution in [2.45, 2.75) is 12.7 Å². The van der Waals surface area contributed by atoms with Crippen LogP contribution in [0.25, 0.3) is 17.4 Å². The van der Waals surface area contributed by atoms with Crippen LogP contribution in [0.4, 0.5) is 0 Å². The maximum absolute atomic E-state index is 12.4. The number of hydrogen-bond donors (Lipinski definition) is 0. The smallest absolute Gasteiger partial charge is 0.338 e. The highest BCUT2D eigenvalue weighted by Crippen LogP contribution is 2.34. The third-order valence-corrected chi connectivity index (χ3v) is 6.92. The van der Waals surface area contributed by atoms with Gasteiger partial charge in [-0.1, -0.05) is 53.7 Å². The quantitative estimate of drug-likeness (QED) is 0.287. The van der Waals surface area contributed by atoms with Crippen LogP contribution in [0, 0.1) is 0 Å². The molecule has 0 fully saturated rings. The van der Waals surface area contributed by atoms with E-state index >= 15 is 0 Å². The minimum Gasteiger partial charge on any atom is -0.462 e. The van der Waals surface area contributed by atoms with Crippen molar-refractivity contribution in [2.24, 2.45) is 4.99 Å². The van der Waals surface area contributed by atoms with Crippen molar-refractivity contribution in [1.82, 2.24) is 0 Å². The maximum Gasteiger partial charge on any atom is 0.338 e. The van der Waals surface area contributed by atoms with Gasteiger partial charge >= 0.3 is 5.97 Å². The predicted molar refractivity (Wildman–Crippen MR) is 131 cm³/mol. The summed E-state index contributed by atoms with van der Waals surface area (Å²) >= 11 is 8.78. The zero-order chi connectivity index (χ0) is 22.5. The highest BCUT2D eigenvalue weighted by molar-refractivity contribution is 8.45. The van der Waals surface area contributed by atoms with Crippen LogP contribution >= 0.6 is 35.1 Å². The molecule has 4 rings (SSSR count). The maximum atomic E-state index is 12.4. The number of benzene rings is 2. The van der Waals surface area contributed by atoms with E-state index in [1.54, 1.807) is 43.3 Å². The number of nitrogens with zero attached hydrogens (tertiary/aromatic N) is 1. The minimum atomic E-state index is -0.359. The first-order valence-corrected chi connectivity index (χ1v) is 12.0. The van der Waals surface area contributed by atoms with Crippen molar-refractivity contribution < 1.29 is 18.7 Å². The average molecular weight is 484 g/mol.